The predicted molar refractivity (Wildman–Crippen MR) is 132 cm³/mol. The van der Waals surface area contributed by atoms with E-state index >= 15 is 0 Å². The highest BCUT2D eigenvalue weighted by Gasteiger charge is 2.23. The zero-order valence-electron chi connectivity index (χ0n) is 18.5. The number of carbonyl (C=O) groups is 1. The first kappa shape index (κ1) is 24.2. The summed E-state index contributed by atoms with van der Waals surface area (Å²) in [6, 6.07) is 8.39. The second-order valence-corrected chi connectivity index (χ2v) is 8.08. The zero-order valence-corrected chi connectivity index (χ0v) is 20.8. The summed E-state index contributed by atoms with van der Waals surface area (Å²) in [5, 5.41) is 11.6. The van der Waals surface area contributed by atoms with Crippen LogP contribution in [0.15, 0.2) is 35.5 Å². The van der Waals surface area contributed by atoms with Crippen molar-refractivity contribution >= 4 is 35.8 Å². The number of halogens is 1. The summed E-state index contributed by atoms with van der Waals surface area (Å²) in [4.78, 5) is 18.1. The molecule has 0 radical (unpaired) electrons. The van der Waals surface area contributed by atoms with Crippen molar-refractivity contribution in [2.24, 2.45) is 4.99 Å². The van der Waals surface area contributed by atoms with E-state index in [1.165, 1.54) is 11.3 Å². The summed E-state index contributed by atoms with van der Waals surface area (Å²) in [5.41, 5.74) is 4.29. The van der Waals surface area contributed by atoms with Crippen LogP contribution in [0.5, 0.6) is 0 Å². The van der Waals surface area contributed by atoms with Crippen LogP contribution in [0.4, 0.5) is 0 Å². The zero-order chi connectivity index (χ0) is 21.0. The van der Waals surface area contributed by atoms with Gasteiger partial charge in [0.1, 0.15) is 0 Å². The largest absolute Gasteiger partial charge is 0.353 e. The maximum Gasteiger partial charge on any atom is 0.253 e. The molecule has 0 bridgehead atoms. The van der Waals surface area contributed by atoms with Gasteiger partial charge in [0.2, 0.25) is 0 Å². The van der Waals surface area contributed by atoms with Crippen LogP contribution in [0.3, 0.4) is 0 Å². The van der Waals surface area contributed by atoms with Gasteiger partial charge in [0.15, 0.2) is 5.96 Å². The molecule has 0 saturated heterocycles. The first-order valence-corrected chi connectivity index (χ1v) is 10.2. The Hall–Kier alpha value is -2.10. The highest BCUT2D eigenvalue weighted by molar-refractivity contribution is 14.0. The fourth-order valence-corrected chi connectivity index (χ4v) is 3.55. The minimum atomic E-state index is 0. The topological polar surface area (TPSA) is 74.6 Å². The van der Waals surface area contributed by atoms with Crippen molar-refractivity contribution in [2.45, 2.75) is 51.7 Å². The molecule has 1 unspecified atom stereocenters. The highest BCUT2D eigenvalue weighted by Crippen LogP contribution is 2.21. The SMILES string of the molecule is CN=C(NCc1cccc(C(=O)N(C)C)c1)NC1CCc2cn(C(C)C)nc2C1.I. The van der Waals surface area contributed by atoms with E-state index < -0.39 is 0 Å². The lowest BCUT2D eigenvalue weighted by Gasteiger charge is -2.24. The molecule has 0 aliphatic heterocycles. The van der Waals surface area contributed by atoms with Gasteiger partial charge < -0.3 is 15.5 Å². The second kappa shape index (κ2) is 10.8. The summed E-state index contributed by atoms with van der Waals surface area (Å²) in [5.74, 6) is 0.777. The van der Waals surface area contributed by atoms with Crippen molar-refractivity contribution in [3.63, 3.8) is 0 Å². The fraction of sp³-hybridized carbons (Fsp3) is 0.500. The summed E-state index contributed by atoms with van der Waals surface area (Å²) >= 11 is 0. The van der Waals surface area contributed by atoms with Crippen molar-refractivity contribution < 1.29 is 4.79 Å². The summed E-state index contributed by atoms with van der Waals surface area (Å²) in [6.07, 6.45) is 5.18. The molecule has 1 aliphatic carbocycles. The number of benzene rings is 1. The molecule has 1 aromatic carbocycles. The number of amides is 1. The predicted octanol–water partition coefficient (Wildman–Crippen LogP) is 3.01. The van der Waals surface area contributed by atoms with E-state index in [0.717, 1.165) is 30.8 Å². The molecule has 0 spiro atoms. The van der Waals surface area contributed by atoms with Gasteiger partial charge in [-0.1, -0.05) is 12.1 Å². The number of nitrogens with zero attached hydrogens (tertiary/aromatic N) is 4. The van der Waals surface area contributed by atoms with Gasteiger partial charge in [-0.2, -0.15) is 5.10 Å². The Kier molecular flexibility index (Phi) is 8.69. The first-order chi connectivity index (χ1) is 13.9. The van der Waals surface area contributed by atoms with E-state index in [4.69, 9.17) is 5.10 Å². The summed E-state index contributed by atoms with van der Waals surface area (Å²) < 4.78 is 2.06. The molecule has 3 rings (SSSR count). The number of hydrogen-bond donors (Lipinski definition) is 2. The molecule has 1 atom stereocenters. The number of hydrogen-bond acceptors (Lipinski definition) is 3. The van der Waals surface area contributed by atoms with E-state index in [0.29, 0.717) is 24.2 Å². The van der Waals surface area contributed by atoms with Gasteiger partial charge in [0, 0.05) is 58.0 Å². The fourth-order valence-electron chi connectivity index (χ4n) is 3.55. The molecule has 0 saturated carbocycles. The van der Waals surface area contributed by atoms with Crippen LogP contribution < -0.4 is 10.6 Å². The Balaban J connectivity index is 0.00000320. The molecule has 2 aromatic rings. The third kappa shape index (κ3) is 5.96. The Labute approximate surface area is 196 Å². The van der Waals surface area contributed by atoms with Crippen LogP contribution in [0, 0.1) is 0 Å². The Morgan fingerprint density at radius 2 is 2.13 bits per heavy atom. The monoisotopic (exact) mass is 524 g/mol. The molecule has 1 aromatic heterocycles. The van der Waals surface area contributed by atoms with Gasteiger partial charge in [-0.05, 0) is 49.9 Å². The Morgan fingerprint density at radius 1 is 1.37 bits per heavy atom. The van der Waals surface area contributed by atoms with Crippen LogP contribution in [0.25, 0.3) is 0 Å². The molecule has 164 valence electrons. The van der Waals surface area contributed by atoms with Crippen molar-refractivity contribution in [3.8, 4) is 0 Å². The van der Waals surface area contributed by atoms with Gasteiger partial charge in [-0.3, -0.25) is 14.5 Å². The molecule has 30 heavy (non-hydrogen) atoms. The number of guanidine groups is 1. The quantitative estimate of drug-likeness (QED) is 0.359. The van der Waals surface area contributed by atoms with E-state index in [9.17, 15) is 4.79 Å². The molecule has 1 aliphatic rings. The van der Waals surface area contributed by atoms with E-state index in [-0.39, 0.29) is 29.9 Å². The smallest absolute Gasteiger partial charge is 0.253 e. The molecule has 7 nitrogen and oxygen atoms in total. The van der Waals surface area contributed by atoms with Crippen LogP contribution in [0.1, 0.15) is 53.5 Å². The average Bonchev–Trinajstić information content (AvgIpc) is 3.14. The second-order valence-electron chi connectivity index (χ2n) is 8.08. The van der Waals surface area contributed by atoms with E-state index in [2.05, 4.69) is 40.4 Å². The Bertz CT molecular complexity index is 890. The van der Waals surface area contributed by atoms with Crippen LogP contribution in [-0.2, 0) is 19.4 Å². The molecule has 0 fully saturated rings. The number of aliphatic imine (C=N–C) groups is 1. The third-order valence-electron chi connectivity index (χ3n) is 5.23. The van der Waals surface area contributed by atoms with Crippen LogP contribution >= 0.6 is 24.0 Å². The normalized spacial score (nSPS) is 15.9. The standard InChI is InChI=1S/C22H32N6O.HI/c1-15(2)28-14-18-9-10-19(12-20(18)26-28)25-22(23-3)24-13-16-7-6-8-17(11-16)21(29)27(4)5;/h6-8,11,14-15,19H,9-10,12-13H2,1-5H3,(H2,23,24,25);1H. The molecule has 1 heterocycles. The van der Waals surface area contributed by atoms with Crippen LogP contribution in [-0.4, -0.2) is 53.7 Å². The maximum absolute atomic E-state index is 12.2. The lowest BCUT2D eigenvalue weighted by Crippen LogP contribution is -2.45. The molecule has 1 amide bonds. The number of nitrogens with one attached hydrogen (secondary N) is 2. The van der Waals surface area contributed by atoms with Gasteiger partial charge >= 0.3 is 0 Å². The summed E-state index contributed by atoms with van der Waals surface area (Å²) in [7, 11) is 5.31. The number of rotatable bonds is 5. The number of carbonyl (C=O) groups excluding carboxylic acids is 1. The van der Waals surface area contributed by atoms with Gasteiger partial charge in [-0.15, -0.1) is 24.0 Å². The molecule has 8 heteroatoms. The number of aryl methyl sites for hydroxylation is 1. The Morgan fingerprint density at radius 3 is 2.80 bits per heavy atom. The third-order valence-corrected chi connectivity index (χ3v) is 5.23. The van der Waals surface area contributed by atoms with Gasteiger partial charge in [0.25, 0.3) is 5.91 Å². The van der Waals surface area contributed by atoms with Gasteiger partial charge in [-0.25, -0.2) is 0 Å². The van der Waals surface area contributed by atoms with E-state index in [1.54, 1.807) is 26.0 Å². The van der Waals surface area contributed by atoms with Gasteiger partial charge in [0.05, 0.1) is 5.69 Å². The molecular weight excluding hydrogens is 491 g/mol. The van der Waals surface area contributed by atoms with Crippen molar-refractivity contribution in [2.75, 3.05) is 21.1 Å². The van der Waals surface area contributed by atoms with Crippen LogP contribution in [0.2, 0.25) is 0 Å². The minimum Gasteiger partial charge on any atom is -0.353 e. The molecular formula is C22H33IN6O. The minimum absolute atomic E-state index is 0. The number of aromatic nitrogens is 2. The van der Waals surface area contributed by atoms with Crippen molar-refractivity contribution in [1.82, 2.24) is 25.3 Å². The molecule has 2 N–H and O–H groups in total. The van der Waals surface area contributed by atoms with Crippen molar-refractivity contribution in [1.29, 1.82) is 0 Å². The number of fused-ring (bicyclic) bond motifs is 1. The highest BCUT2D eigenvalue weighted by atomic mass is 127. The van der Waals surface area contributed by atoms with Crippen molar-refractivity contribution in [3.05, 3.63) is 52.8 Å². The first-order valence-electron chi connectivity index (χ1n) is 10.2. The summed E-state index contributed by atoms with van der Waals surface area (Å²) in [6.45, 7) is 4.91. The average molecular weight is 524 g/mol. The van der Waals surface area contributed by atoms with E-state index in [1.807, 2.05) is 24.3 Å². The lowest BCUT2D eigenvalue weighted by molar-refractivity contribution is 0.0827. The lowest BCUT2D eigenvalue weighted by atomic mass is 9.94. The maximum atomic E-state index is 12.2.